The van der Waals surface area contributed by atoms with Crippen LogP contribution in [0.3, 0.4) is 0 Å². The van der Waals surface area contributed by atoms with E-state index < -0.39 is 0 Å². The molecule has 6 nitrogen and oxygen atoms in total. The van der Waals surface area contributed by atoms with E-state index in [0.29, 0.717) is 17.3 Å². The first-order valence-corrected chi connectivity index (χ1v) is 7.92. The van der Waals surface area contributed by atoms with Gasteiger partial charge in [-0.05, 0) is 40.9 Å². The Labute approximate surface area is 148 Å². The zero-order valence-corrected chi connectivity index (χ0v) is 17.0. The second kappa shape index (κ2) is 23.0. The van der Waals surface area contributed by atoms with E-state index in [1.807, 2.05) is 41.5 Å². The number of hydrogen-bond acceptors (Lipinski definition) is 6. The van der Waals surface area contributed by atoms with Gasteiger partial charge in [-0.1, -0.05) is 40.9 Å². The minimum Gasteiger partial charge on any atom is -0.480 e. The highest BCUT2D eigenvalue weighted by atomic mass is 16.5. The summed E-state index contributed by atoms with van der Waals surface area (Å²) in [5.41, 5.74) is 1.27. The lowest BCUT2D eigenvalue weighted by molar-refractivity contribution is 0.145. The average molecular weight is 341 g/mol. The van der Waals surface area contributed by atoms with Gasteiger partial charge in [0, 0.05) is 0 Å². The van der Waals surface area contributed by atoms with Crippen molar-refractivity contribution in [1.29, 1.82) is 0 Å². The maximum absolute atomic E-state index is 5.10. The van der Waals surface area contributed by atoms with Gasteiger partial charge >= 0.3 is 0 Å². The molecular weight excluding hydrogens is 304 g/mol. The lowest BCUT2D eigenvalue weighted by atomic mass is 10.5. The maximum Gasteiger partial charge on any atom is 0.226 e. The third-order valence-corrected chi connectivity index (χ3v) is 1.27. The average Bonchev–Trinajstić information content (AvgIpc) is 2.54. The third-order valence-electron chi connectivity index (χ3n) is 1.27. The minimum atomic E-state index is 0.0894. The maximum atomic E-state index is 5.10. The van der Waals surface area contributed by atoms with Crippen molar-refractivity contribution < 1.29 is 9.47 Å². The number of methoxy groups -OCH3 is 1. The number of hydrogen-bond donors (Lipinski definition) is 0. The van der Waals surface area contributed by atoms with Gasteiger partial charge in [0.15, 0.2) is 0 Å². The molecule has 24 heavy (non-hydrogen) atoms. The molecule has 0 aliphatic rings. The number of rotatable bonds is 7. The summed E-state index contributed by atoms with van der Waals surface area (Å²) < 4.78 is 9.71. The van der Waals surface area contributed by atoms with Gasteiger partial charge in [-0.2, -0.15) is 10.2 Å². The van der Waals surface area contributed by atoms with Crippen LogP contribution in [0.15, 0.2) is 69.9 Å². The zero-order chi connectivity index (χ0) is 20.1. The molecule has 6 heteroatoms. The van der Waals surface area contributed by atoms with Crippen molar-refractivity contribution in [3.8, 4) is 0 Å². The lowest BCUT2D eigenvalue weighted by Crippen LogP contribution is -1.99. The normalized spacial score (nSPS) is 8.92. The summed E-state index contributed by atoms with van der Waals surface area (Å²) in [5.74, 6) is 0.612. The molecule has 0 N–H and O–H groups in total. The van der Waals surface area contributed by atoms with E-state index in [1.165, 1.54) is 7.11 Å². The molecule has 0 aliphatic carbocycles. The Bertz CT molecular complexity index is 411. The zero-order valence-electron chi connectivity index (χ0n) is 17.0. The van der Waals surface area contributed by atoms with E-state index in [2.05, 4.69) is 51.5 Å². The van der Waals surface area contributed by atoms with E-state index in [4.69, 9.17) is 4.74 Å². The van der Waals surface area contributed by atoms with Crippen molar-refractivity contribution >= 4 is 0 Å². The van der Waals surface area contributed by atoms with Crippen molar-refractivity contribution in [3.63, 3.8) is 0 Å². The topological polar surface area (TPSA) is 67.9 Å². The largest absolute Gasteiger partial charge is 0.480 e. The standard InChI is InChI=1S/C8H14N2O.C6H10N2O.2C2H6/c1-6(2)9-10-8(5)11-7(3)4;1-5(2)7-8-6(3)9-4;2*1-2/h7H,1,5H2,2-4H3;1,3H2,2,4H3;2*1-2H3. The first kappa shape index (κ1) is 29.7. The molecule has 0 aliphatic heterocycles. The molecule has 0 saturated heterocycles. The molecule has 0 aromatic heterocycles. The number of nitrogens with zero attached hydrogens (tertiary/aromatic N) is 4. The summed E-state index contributed by atoms with van der Waals surface area (Å²) in [5, 5.41) is 14.5. The predicted octanol–water partition coefficient (Wildman–Crippen LogP) is 7.01. The smallest absolute Gasteiger partial charge is 0.226 e. The third kappa shape index (κ3) is 36.7. The second-order valence-electron chi connectivity index (χ2n) is 4.03. The summed E-state index contributed by atoms with van der Waals surface area (Å²) in [6, 6.07) is 0. The molecule has 0 saturated carbocycles. The Kier molecular flexibility index (Phi) is 28.5. The Morgan fingerprint density at radius 2 is 1.04 bits per heavy atom. The van der Waals surface area contributed by atoms with E-state index in [9.17, 15) is 0 Å². The van der Waals surface area contributed by atoms with Gasteiger partial charge in [0.1, 0.15) is 0 Å². The summed E-state index contributed by atoms with van der Waals surface area (Å²) >= 11 is 0. The van der Waals surface area contributed by atoms with Gasteiger partial charge in [0.05, 0.1) is 24.6 Å². The highest BCUT2D eigenvalue weighted by molar-refractivity contribution is 4.86. The first-order valence-electron chi connectivity index (χ1n) is 7.92. The van der Waals surface area contributed by atoms with Crippen LogP contribution >= 0.6 is 0 Å². The van der Waals surface area contributed by atoms with Gasteiger partial charge in [-0.3, -0.25) is 0 Å². The van der Waals surface area contributed by atoms with E-state index in [1.54, 1.807) is 13.8 Å². The van der Waals surface area contributed by atoms with Gasteiger partial charge < -0.3 is 9.47 Å². The molecule has 0 rings (SSSR count). The van der Waals surface area contributed by atoms with Gasteiger partial charge in [-0.15, -0.1) is 10.2 Å². The van der Waals surface area contributed by atoms with Crippen LogP contribution in [0.4, 0.5) is 0 Å². The Morgan fingerprint density at radius 3 is 1.29 bits per heavy atom. The van der Waals surface area contributed by atoms with Crippen LogP contribution in [0, 0.1) is 0 Å². The van der Waals surface area contributed by atoms with Crippen molar-refractivity contribution in [2.45, 2.75) is 61.5 Å². The predicted molar refractivity (Wildman–Crippen MR) is 104 cm³/mol. The fraction of sp³-hybridized carbons (Fsp3) is 0.556. The lowest BCUT2D eigenvalue weighted by Gasteiger charge is -2.06. The fourth-order valence-corrected chi connectivity index (χ4v) is 0.619. The van der Waals surface area contributed by atoms with Crippen molar-refractivity contribution in [2.75, 3.05) is 7.11 Å². The van der Waals surface area contributed by atoms with Crippen molar-refractivity contribution in [2.24, 2.45) is 20.5 Å². The molecule has 0 aromatic rings. The Morgan fingerprint density at radius 1 is 0.708 bits per heavy atom. The van der Waals surface area contributed by atoms with Crippen LogP contribution in [-0.2, 0) is 9.47 Å². The molecule has 0 aromatic carbocycles. The van der Waals surface area contributed by atoms with Crippen LogP contribution in [-0.4, -0.2) is 13.2 Å². The van der Waals surface area contributed by atoms with Crippen LogP contribution in [0.2, 0.25) is 0 Å². The monoisotopic (exact) mass is 340 g/mol. The molecule has 0 spiro atoms. The number of azo groups is 2. The Hall–Kier alpha value is -2.24. The van der Waals surface area contributed by atoms with Gasteiger partial charge in [0.25, 0.3) is 0 Å². The van der Waals surface area contributed by atoms with E-state index >= 15 is 0 Å². The van der Waals surface area contributed by atoms with Gasteiger partial charge in [0.2, 0.25) is 11.8 Å². The second-order valence-corrected chi connectivity index (χ2v) is 4.03. The Balaban J connectivity index is -0.000000139. The highest BCUT2D eigenvalue weighted by Crippen LogP contribution is 2.03. The molecule has 0 atom stereocenters. The highest BCUT2D eigenvalue weighted by Gasteiger charge is 1.94. The minimum absolute atomic E-state index is 0.0894. The number of allylic oxidation sites excluding steroid dienone is 2. The number of ether oxygens (including phenoxy) is 2. The molecule has 0 unspecified atom stereocenters. The quantitative estimate of drug-likeness (QED) is 0.369. The van der Waals surface area contributed by atoms with Crippen molar-refractivity contribution in [1.82, 2.24) is 0 Å². The summed E-state index contributed by atoms with van der Waals surface area (Å²) in [6.45, 7) is 29.3. The van der Waals surface area contributed by atoms with Crippen LogP contribution < -0.4 is 0 Å². The van der Waals surface area contributed by atoms with E-state index in [-0.39, 0.29) is 12.0 Å². The molecule has 0 amide bonds. The summed E-state index contributed by atoms with van der Waals surface area (Å²) in [6.07, 6.45) is 0.0894. The summed E-state index contributed by atoms with van der Waals surface area (Å²) in [4.78, 5) is 0. The molecule has 0 bridgehead atoms. The summed E-state index contributed by atoms with van der Waals surface area (Å²) in [7, 11) is 1.49. The molecule has 140 valence electrons. The van der Waals surface area contributed by atoms with E-state index in [0.717, 1.165) is 0 Å². The SMILES string of the molecule is C=C(C)N=NC(=C)OC.C=C(C)N=NC(=C)OC(C)C.CC.CC. The van der Waals surface area contributed by atoms with Crippen LogP contribution in [0.5, 0.6) is 0 Å². The van der Waals surface area contributed by atoms with Crippen LogP contribution in [0.1, 0.15) is 55.4 Å². The molecular formula is C18H36N4O2. The fourth-order valence-electron chi connectivity index (χ4n) is 0.619. The molecule has 0 fully saturated rings. The molecule has 0 heterocycles. The van der Waals surface area contributed by atoms with Crippen LogP contribution in [0.25, 0.3) is 0 Å². The molecule has 0 radical (unpaired) electrons. The first-order chi connectivity index (χ1) is 11.2. The van der Waals surface area contributed by atoms with Crippen molar-refractivity contribution in [3.05, 3.63) is 49.5 Å². The van der Waals surface area contributed by atoms with Gasteiger partial charge in [-0.25, -0.2) is 0 Å².